The van der Waals surface area contributed by atoms with E-state index in [-0.39, 0.29) is 5.91 Å². The molecule has 0 aliphatic carbocycles. The van der Waals surface area contributed by atoms with Gasteiger partial charge in [-0.3, -0.25) is 9.59 Å². The highest BCUT2D eigenvalue weighted by atomic mass is 16.3. The third kappa shape index (κ3) is 46.9. The Bertz CT molecular complexity index is 836. The maximum absolute atomic E-state index is 12.2. The van der Waals surface area contributed by atoms with Crippen LogP contribution in [0.4, 0.5) is 0 Å². The van der Waals surface area contributed by atoms with Crippen LogP contribution < -0.4 is 5.32 Å². The summed E-state index contributed by atoms with van der Waals surface area (Å²) in [6, 6.07) is 0. The zero-order chi connectivity index (χ0) is 40.0. The summed E-state index contributed by atoms with van der Waals surface area (Å²) in [6.45, 7) is 4.95. The van der Waals surface area contributed by atoms with E-state index in [2.05, 4.69) is 43.5 Å². The molecule has 0 aromatic rings. The number of rotatable bonds is 46. The average Bonchev–Trinajstić information content (AvgIpc) is 3.18. The van der Waals surface area contributed by atoms with Crippen molar-refractivity contribution in [2.75, 3.05) is 6.54 Å². The van der Waals surface area contributed by atoms with Gasteiger partial charge in [0.2, 0.25) is 5.91 Å². The Kier molecular flexibility index (Phi) is 45.7. The first-order chi connectivity index (χ1) is 27.1. The number of carbonyl (C=O) groups is 2. The van der Waals surface area contributed by atoms with Crippen LogP contribution in [0, 0.1) is 0 Å². The lowest BCUT2D eigenvalue weighted by Gasteiger charge is -2.12. The molecule has 0 fully saturated rings. The molecule has 0 heterocycles. The molecule has 1 atom stereocenters. The average molecular weight is 772 g/mol. The highest BCUT2D eigenvalue weighted by Crippen LogP contribution is 2.16. The molecule has 0 spiro atoms. The first-order valence-corrected chi connectivity index (χ1v) is 24.9. The van der Waals surface area contributed by atoms with Gasteiger partial charge >= 0.3 is 0 Å². The second kappa shape index (κ2) is 47.0. The third-order valence-corrected chi connectivity index (χ3v) is 11.4. The molecule has 4 nitrogen and oxygen atoms in total. The van der Waals surface area contributed by atoms with Gasteiger partial charge in [0.1, 0.15) is 5.78 Å². The van der Waals surface area contributed by atoms with Gasteiger partial charge in [0.15, 0.2) is 0 Å². The van der Waals surface area contributed by atoms with Crippen molar-refractivity contribution in [2.45, 2.75) is 283 Å². The van der Waals surface area contributed by atoms with Gasteiger partial charge in [-0.15, -0.1) is 0 Å². The van der Waals surface area contributed by atoms with Crippen LogP contribution in [0.3, 0.4) is 0 Å². The number of hydrogen-bond acceptors (Lipinski definition) is 3. The fourth-order valence-corrected chi connectivity index (χ4v) is 7.63. The molecular weight excluding hydrogens is 675 g/mol. The van der Waals surface area contributed by atoms with Gasteiger partial charge in [0, 0.05) is 25.8 Å². The van der Waals surface area contributed by atoms with Gasteiger partial charge < -0.3 is 10.4 Å². The van der Waals surface area contributed by atoms with Crippen molar-refractivity contribution in [3.63, 3.8) is 0 Å². The smallest absolute Gasteiger partial charge is 0.220 e. The molecule has 324 valence electrons. The maximum Gasteiger partial charge on any atom is 0.220 e. The highest BCUT2D eigenvalue weighted by Gasteiger charge is 2.07. The molecule has 0 unspecified atom stereocenters. The number of aliphatic hydroxyl groups is 1. The fourth-order valence-electron chi connectivity index (χ4n) is 7.63. The molecule has 4 heteroatoms. The lowest BCUT2D eigenvalue weighted by molar-refractivity contribution is -0.121. The summed E-state index contributed by atoms with van der Waals surface area (Å²) in [7, 11) is 0. The zero-order valence-electron chi connectivity index (χ0n) is 37.3. The summed E-state index contributed by atoms with van der Waals surface area (Å²) in [5.41, 5.74) is 0. The number of aliphatic hydroxyl groups excluding tert-OH is 1. The first-order valence-electron chi connectivity index (χ1n) is 24.9. The van der Waals surface area contributed by atoms with Gasteiger partial charge in [0.05, 0.1) is 6.10 Å². The Morgan fingerprint density at radius 1 is 0.418 bits per heavy atom. The number of hydrogen-bond donors (Lipinski definition) is 2. The van der Waals surface area contributed by atoms with Crippen LogP contribution in [0.1, 0.15) is 277 Å². The first kappa shape index (κ1) is 53.6. The minimum Gasteiger partial charge on any atom is -0.391 e. The number of unbranched alkanes of at least 4 members (excludes halogenated alkanes) is 32. The molecule has 0 saturated heterocycles. The van der Waals surface area contributed by atoms with Crippen molar-refractivity contribution in [3.8, 4) is 0 Å². The number of allylic oxidation sites excluding steroid dienone is 4. The van der Waals surface area contributed by atoms with Crippen LogP contribution in [0.15, 0.2) is 24.3 Å². The second-order valence-corrected chi connectivity index (χ2v) is 17.1. The fraction of sp³-hybridized carbons (Fsp3) is 0.882. The van der Waals surface area contributed by atoms with E-state index >= 15 is 0 Å². The van der Waals surface area contributed by atoms with Crippen LogP contribution >= 0.6 is 0 Å². The Hall–Kier alpha value is -1.42. The summed E-state index contributed by atoms with van der Waals surface area (Å²) < 4.78 is 0. The van der Waals surface area contributed by atoms with Crippen molar-refractivity contribution < 1.29 is 14.7 Å². The van der Waals surface area contributed by atoms with Gasteiger partial charge in [-0.25, -0.2) is 0 Å². The lowest BCUT2D eigenvalue weighted by Crippen LogP contribution is -2.31. The molecule has 1 amide bonds. The minimum atomic E-state index is -0.402. The predicted molar refractivity (Wildman–Crippen MR) is 243 cm³/mol. The quantitative estimate of drug-likeness (QED) is 0.0478. The minimum absolute atomic E-state index is 0.0985. The maximum atomic E-state index is 12.2. The van der Waals surface area contributed by atoms with E-state index in [9.17, 15) is 14.7 Å². The number of carbonyl (C=O) groups excluding carboxylic acids is 2. The summed E-state index contributed by atoms with van der Waals surface area (Å²) in [6.07, 6.45) is 59.0. The van der Waals surface area contributed by atoms with Gasteiger partial charge in [-0.2, -0.15) is 0 Å². The molecule has 2 N–H and O–H groups in total. The topological polar surface area (TPSA) is 66.4 Å². The summed E-state index contributed by atoms with van der Waals surface area (Å²) in [4.78, 5) is 24.4. The summed E-state index contributed by atoms with van der Waals surface area (Å²) in [5, 5.41) is 13.2. The van der Waals surface area contributed by atoms with Gasteiger partial charge in [-0.05, 0) is 57.8 Å². The van der Waals surface area contributed by atoms with Crippen LogP contribution in [0.5, 0.6) is 0 Å². The van der Waals surface area contributed by atoms with Gasteiger partial charge in [0.25, 0.3) is 0 Å². The van der Waals surface area contributed by atoms with E-state index in [1.165, 1.54) is 199 Å². The van der Waals surface area contributed by atoms with E-state index in [0.717, 1.165) is 57.8 Å². The van der Waals surface area contributed by atoms with Crippen LogP contribution in [-0.4, -0.2) is 29.4 Å². The van der Waals surface area contributed by atoms with E-state index in [4.69, 9.17) is 0 Å². The molecule has 0 aromatic carbocycles. The van der Waals surface area contributed by atoms with Crippen molar-refractivity contribution in [2.24, 2.45) is 0 Å². The number of ketones is 1. The monoisotopic (exact) mass is 772 g/mol. The van der Waals surface area contributed by atoms with E-state index in [1.54, 1.807) is 0 Å². The Balaban J connectivity index is 3.33. The largest absolute Gasteiger partial charge is 0.391 e. The molecule has 55 heavy (non-hydrogen) atoms. The summed E-state index contributed by atoms with van der Waals surface area (Å²) in [5.74, 6) is 0.581. The van der Waals surface area contributed by atoms with Crippen LogP contribution in [-0.2, 0) is 9.59 Å². The molecule has 0 radical (unpaired) electrons. The van der Waals surface area contributed by atoms with Gasteiger partial charge in [-0.1, -0.05) is 224 Å². The van der Waals surface area contributed by atoms with Crippen molar-refractivity contribution >= 4 is 11.7 Å². The highest BCUT2D eigenvalue weighted by molar-refractivity contribution is 5.78. The van der Waals surface area contributed by atoms with Crippen molar-refractivity contribution in [1.82, 2.24) is 5.32 Å². The molecule has 0 rings (SSSR count). The van der Waals surface area contributed by atoms with Crippen molar-refractivity contribution in [1.29, 1.82) is 0 Å². The van der Waals surface area contributed by atoms with E-state index in [1.807, 2.05) is 0 Å². The van der Waals surface area contributed by atoms with E-state index in [0.29, 0.717) is 18.7 Å². The molecular formula is C51H97NO3. The number of amides is 1. The third-order valence-electron chi connectivity index (χ3n) is 11.4. The SMILES string of the molecule is CCCCCC=CCC=CCCCCCCCC(=O)CCCCCCCCCCCCCCC(=O)NC[C@H](O)CCCCCCCCCCCCCCCC. The number of nitrogens with one attached hydrogen (secondary N) is 1. The van der Waals surface area contributed by atoms with E-state index < -0.39 is 6.10 Å². The summed E-state index contributed by atoms with van der Waals surface area (Å²) >= 11 is 0. The molecule has 0 aliphatic heterocycles. The molecule has 0 saturated carbocycles. The predicted octanol–water partition coefficient (Wildman–Crippen LogP) is 16.2. The number of Topliss-reactive ketones (excluding diaryl/α,β-unsaturated/α-hetero) is 1. The molecule has 0 bridgehead atoms. The Morgan fingerprint density at radius 3 is 1.18 bits per heavy atom. The lowest BCUT2D eigenvalue weighted by atomic mass is 10.0. The standard InChI is InChI=1S/C51H97NO3/c1-3-5-7-9-11-13-15-17-19-21-24-28-32-36-40-44-49(53)45-41-37-33-29-25-22-23-27-31-35-39-43-47-51(55)52-48-50(54)46-42-38-34-30-26-20-18-16-14-12-10-8-6-4-2/h11,13,17,19,50,54H,3-10,12,14-16,18,20-48H2,1-2H3,(H,52,55)/t50-/m1/s1. The zero-order valence-corrected chi connectivity index (χ0v) is 37.3. The van der Waals surface area contributed by atoms with Crippen LogP contribution in [0.25, 0.3) is 0 Å². The Labute approximate surface area is 344 Å². The second-order valence-electron chi connectivity index (χ2n) is 17.1. The van der Waals surface area contributed by atoms with Crippen LogP contribution in [0.2, 0.25) is 0 Å². The normalized spacial score (nSPS) is 12.3. The Morgan fingerprint density at radius 2 is 0.745 bits per heavy atom. The molecule has 0 aromatic heterocycles. The molecule has 0 aliphatic rings. The van der Waals surface area contributed by atoms with Crippen molar-refractivity contribution in [3.05, 3.63) is 24.3 Å².